The summed E-state index contributed by atoms with van der Waals surface area (Å²) in [6.07, 6.45) is 4.78. The van der Waals surface area contributed by atoms with E-state index in [0.29, 0.717) is 0 Å². The van der Waals surface area contributed by atoms with Gasteiger partial charge in [-0.05, 0) is 25.7 Å². The van der Waals surface area contributed by atoms with Crippen LogP contribution >= 0.6 is 0 Å². The average Bonchev–Trinajstić information content (AvgIpc) is 2.57. The standard InChI is InChI=1S/C4H9NO.C4H8O/c5-4-2-1-3-6-4;1-2-4-5-3-1/h4H,1-3,5H2;1-4H2. The topological polar surface area (TPSA) is 44.5 Å². The molecule has 1 unspecified atom stereocenters. The minimum absolute atomic E-state index is 0.0463. The van der Waals surface area contributed by atoms with Crippen molar-refractivity contribution in [3.63, 3.8) is 0 Å². The van der Waals surface area contributed by atoms with Gasteiger partial charge in [-0.3, -0.25) is 0 Å². The maximum absolute atomic E-state index is 5.31. The van der Waals surface area contributed by atoms with Crippen molar-refractivity contribution in [2.45, 2.75) is 31.9 Å². The van der Waals surface area contributed by atoms with Crippen LogP contribution in [0.4, 0.5) is 0 Å². The molecule has 0 spiro atoms. The van der Waals surface area contributed by atoms with Gasteiger partial charge in [0.05, 0.1) is 0 Å². The predicted molar refractivity (Wildman–Crippen MR) is 43.2 cm³/mol. The SMILES string of the molecule is C1CCOC1.NC1CCCO1. The third-order valence-corrected chi connectivity index (χ3v) is 1.79. The summed E-state index contributed by atoms with van der Waals surface area (Å²) in [6, 6.07) is 0. The Bertz CT molecular complexity index is 80.5. The van der Waals surface area contributed by atoms with E-state index >= 15 is 0 Å². The Morgan fingerprint density at radius 3 is 1.91 bits per heavy atom. The molecule has 0 amide bonds. The fraction of sp³-hybridized carbons (Fsp3) is 1.00. The molecule has 66 valence electrons. The van der Waals surface area contributed by atoms with Crippen molar-refractivity contribution in [3.8, 4) is 0 Å². The molecule has 2 N–H and O–H groups in total. The summed E-state index contributed by atoms with van der Waals surface area (Å²) in [7, 11) is 0. The van der Waals surface area contributed by atoms with Gasteiger partial charge < -0.3 is 15.2 Å². The second kappa shape index (κ2) is 5.52. The maximum atomic E-state index is 5.31. The molecule has 0 aromatic rings. The van der Waals surface area contributed by atoms with Crippen LogP contribution < -0.4 is 5.73 Å². The second-order valence-electron chi connectivity index (χ2n) is 2.87. The van der Waals surface area contributed by atoms with Crippen molar-refractivity contribution in [1.82, 2.24) is 0 Å². The predicted octanol–water partition coefficient (Wildman–Crippen LogP) is 0.878. The average molecular weight is 159 g/mol. The molecule has 2 fully saturated rings. The first-order chi connectivity index (χ1) is 5.39. The van der Waals surface area contributed by atoms with Crippen LogP contribution in [0.2, 0.25) is 0 Å². The lowest BCUT2D eigenvalue weighted by atomic mass is 10.3. The molecule has 0 aliphatic carbocycles. The second-order valence-corrected chi connectivity index (χ2v) is 2.87. The summed E-state index contributed by atoms with van der Waals surface area (Å²) >= 11 is 0. The molecule has 1 atom stereocenters. The highest BCUT2D eigenvalue weighted by Crippen LogP contribution is 2.04. The van der Waals surface area contributed by atoms with E-state index in [1.807, 2.05) is 0 Å². The molecule has 3 nitrogen and oxygen atoms in total. The molecule has 0 saturated carbocycles. The van der Waals surface area contributed by atoms with Crippen LogP contribution in [0, 0.1) is 0 Å². The fourth-order valence-corrected chi connectivity index (χ4v) is 1.11. The molecular weight excluding hydrogens is 142 g/mol. The lowest BCUT2D eigenvalue weighted by molar-refractivity contribution is 0.116. The first-order valence-corrected chi connectivity index (χ1v) is 4.34. The lowest BCUT2D eigenvalue weighted by Crippen LogP contribution is -2.16. The fourth-order valence-electron chi connectivity index (χ4n) is 1.11. The monoisotopic (exact) mass is 159 g/mol. The number of hydrogen-bond donors (Lipinski definition) is 1. The summed E-state index contributed by atoms with van der Waals surface area (Å²) in [5.41, 5.74) is 5.31. The maximum Gasteiger partial charge on any atom is 0.105 e. The van der Waals surface area contributed by atoms with E-state index in [2.05, 4.69) is 0 Å². The van der Waals surface area contributed by atoms with Gasteiger partial charge in [0.1, 0.15) is 6.23 Å². The third-order valence-electron chi connectivity index (χ3n) is 1.79. The van der Waals surface area contributed by atoms with Gasteiger partial charge in [-0.15, -0.1) is 0 Å². The van der Waals surface area contributed by atoms with E-state index in [1.54, 1.807) is 0 Å². The highest BCUT2D eigenvalue weighted by atomic mass is 16.5. The Morgan fingerprint density at radius 1 is 1.00 bits per heavy atom. The zero-order valence-electron chi connectivity index (χ0n) is 6.92. The van der Waals surface area contributed by atoms with E-state index in [0.717, 1.165) is 32.7 Å². The molecule has 0 radical (unpaired) electrons. The first kappa shape index (κ1) is 8.97. The zero-order chi connectivity index (χ0) is 7.94. The summed E-state index contributed by atoms with van der Waals surface area (Å²) in [5.74, 6) is 0. The van der Waals surface area contributed by atoms with Crippen molar-refractivity contribution in [1.29, 1.82) is 0 Å². The minimum Gasteiger partial charge on any atom is -0.381 e. The van der Waals surface area contributed by atoms with Crippen LogP contribution in [0.1, 0.15) is 25.7 Å². The highest BCUT2D eigenvalue weighted by Gasteiger charge is 2.07. The van der Waals surface area contributed by atoms with Crippen LogP contribution in [-0.2, 0) is 9.47 Å². The number of ether oxygens (including phenoxy) is 2. The van der Waals surface area contributed by atoms with Gasteiger partial charge in [0.2, 0.25) is 0 Å². The molecule has 0 aromatic heterocycles. The normalized spacial score (nSPS) is 29.7. The van der Waals surface area contributed by atoms with E-state index in [4.69, 9.17) is 15.2 Å². The lowest BCUT2D eigenvalue weighted by Gasteiger charge is -1.95. The Balaban J connectivity index is 0.000000112. The number of hydrogen-bond acceptors (Lipinski definition) is 3. The van der Waals surface area contributed by atoms with E-state index in [1.165, 1.54) is 12.8 Å². The van der Waals surface area contributed by atoms with Crippen LogP contribution in [-0.4, -0.2) is 26.0 Å². The van der Waals surface area contributed by atoms with Gasteiger partial charge in [-0.25, -0.2) is 0 Å². The van der Waals surface area contributed by atoms with Gasteiger partial charge in [0, 0.05) is 19.8 Å². The van der Waals surface area contributed by atoms with E-state index in [-0.39, 0.29) is 6.23 Å². The Kier molecular flexibility index (Phi) is 4.50. The van der Waals surface area contributed by atoms with E-state index < -0.39 is 0 Å². The molecule has 2 aliphatic rings. The molecule has 2 heterocycles. The molecule has 2 rings (SSSR count). The molecule has 2 aliphatic heterocycles. The van der Waals surface area contributed by atoms with Gasteiger partial charge in [0.15, 0.2) is 0 Å². The van der Waals surface area contributed by atoms with E-state index in [9.17, 15) is 0 Å². The van der Waals surface area contributed by atoms with Crippen LogP contribution in [0.3, 0.4) is 0 Å². The Morgan fingerprint density at radius 2 is 1.73 bits per heavy atom. The van der Waals surface area contributed by atoms with Crippen molar-refractivity contribution in [2.75, 3.05) is 19.8 Å². The summed E-state index contributed by atoms with van der Waals surface area (Å²) in [6.45, 7) is 2.86. The van der Waals surface area contributed by atoms with Crippen LogP contribution in [0.25, 0.3) is 0 Å². The Hall–Kier alpha value is -0.120. The molecule has 0 aromatic carbocycles. The molecule has 3 heteroatoms. The summed E-state index contributed by atoms with van der Waals surface area (Å²) in [5, 5.41) is 0. The minimum atomic E-state index is 0.0463. The molecular formula is C8H17NO2. The summed E-state index contributed by atoms with van der Waals surface area (Å²) in [4.78, 5) is 0. The first-order valence-electron chi connectivity index (χ1n) is 4.34. The Labute approximate surface area is 67.9 Å². The smallest absolute Gasteiger partial charge is 0.105 e. The van der Waals surface area contributed by atoms with Crippen molar-refractivity contribution in [3.05, 3.63) is 0 Å². The number of nitrogens with two attached hydrogens (primary N) is 1. The van der Waals surface area contributed by atoms with Crippen LogP contribution in [0.5, 0.6) is 0 Å². The van der Waals surface area contributed by atoms with Crippen molar-refractivity contribution >= 4 is 0 Å². The summed E-state index contributed by atoms with van der Waals surface area (Å²) < 4.78 is 9.88. The largest absolute Gasteiger partial charge is 0.381 e. The van der Waals surface area contributed by atoms with Gasteiger partial charge in [0.25, 0.3) is 0 Å². The van der Waals surface area contributed by atoms with Gasteiger partial charge in [-0.2, -0.15) is 0 Å². The molecule has 2 saturated heterocycles. The van der Waals surface area contributed by atoms with Crippen molar-refractivity contribution < 1.29 is 9.47 Å². The van der Waals surface area contributed by atoms with Crippen LogP contribution in [0.15, 0.2) is 0 Å². The third kappa shape index (κ3) is 4.35. The quantitative estimate of drug-likeness (QED) is 0.570. The van der Waals surface area contributed by atoms with Gasteiger partial charge in [-0.1, -0.05) is 0 Å². The number of rotatable bonds is 0. The molecule has 11 heavy (non-hydrogen) atoms. The molecule has 0 bridgehead atoms. The van der Waals surface area contributed by atoms with Gasteiger partial charge >= 0.3 is 0 Å². The highest BCUT2D eigenvalue weighted by molar-refractivity contribution is 4.54. The zero-order valence-corrected chi connectivity index (χ0v) is 6.92. The van der Waals surface area contributed by atoms with Crippen molar-refractivity contribution in [2.24, 2.45) is 5.73 Å².